The molecule has 0 aliphatic carbocycles. The summed E-state index contributed by atoms with van der Waals surface area (Å²) < 4.78 is 5.43. The summed E-state index contributed by atoms with van der Waals surface area (Å²) in [6.45, 7) is 6.58. The van der Waals surface area contributed by atoms with Crippen LogP contribution in [0.25, 0.3) is 0 Å². The highest BCUT2D eigenvalue weighted by atomic mass is 16.7. The van der Waals surface area contributed by atoms with Gasteiger partial charge in [0.1, 0.15) is 11.6 Å². The van der Waals surface area contributed by atoms with E-state index in [-0.39, 0.29) is 31.1 Å². The van der Waals surface area contributed by atoms with Crippen LogP contribution in [0.2, 0.25) is 0 Å². The molecule has 10 nitrogen and oxygen atoms in total. The number of likely N-dealkylation sites (tertiary alicyclic amines) is 2. The fourth-order valence-electron chi connectivity index (χ4n) is 4.09. The minimum atomic E-state index is -0.696. The fraction of sp³-hybridized carbons (Fsp3) is 0.625. The minimum absolute atomic E-state index is 0.0641. The van der Waals surface area contributed by atoms with Gasteiger partial charge in [-0.05, 0) is 52.0 Å². The number of amides is 4. The molecule has 0 saturated carbocycles. The molecule has 188 valence electrons. The van der Waals surface area contributed by atoms with E-state index in [0.29, 0.717) is 38.8 Å². The number of nitrogens with zero attached hydrogens (tertiary/aromatic N) is 2. The summed E-state index contributed by atoms with van der Waals surface area (Å²) >= 11 is 0. The Morgan fingerprint density at radius 3 is 2.38 bits per heavy atom. The third-order valence-corrected chi connectivity index (χ3v) is 5.86. The molecule has 3 rings (SSSR count). The molecule has 3 N–H and O–H groups in total. The third kappa shape index (κ3) is 7.59. The highest BCUT2D eigenvalue weighted by molar-refractivity contribution is 5.86. The third-order valence-electron chi connectivity index (χ3n) is 5.86. The number of urea groups is 1. The second-order valence-electron chi connectivity index (χ2n) is 9.83. The number of ether oxygens (including phenoxy) is 1. The van der Waals surface area contributed by atoms with E-state index in [1.54, 1.807) is 25.7 Å². The number of rotatable bonds is 5. The van der Waals surface area contributed by atoms with E-state index >= 15 is 0 Å². The summed E-state index contributed by atoms with van der Waals surface area (Å²) in [5.41, 5.74) is 2.73. The quantitative estimate of drug-likeness (QED) is 0.560. The van der Waals surface area contributed by atoms with Gasteiger partial charge >= 0.3 is 12.1 Å². The van der Waals surface area contributed by atoms with Gasteiger partial charge in [-0.25, -0.2) is 15.1 Å². The summed E-state index contributed by atoms with van der Waals surface area (Å²) in [7, 11) is 0. The minimum Gasteiger partial charge on any atom is -0.444 e. The van der Waals surface area contributed by atoms with Crippen molar-refractivity contribution < 1.29 is 29.1 Å². The Kier molecular flexibility index (Phi) is 8.73. The first kappa shape index (κ1) is 25.8. The number of aliphatic hydroxyl groups is 1. The van der Waals surface area contributed by atoms with Crippen LogP contribution in [0, 0.1) is 0 Å². The van der Waals surface area contributed by atoms with Gasteiger partial charge in [-0.1, -0.05) is 30.3 Å². The van der Waals surface area contributed by atoms with Gasteiger partial charge in [0.2, 0.25) is 5.91 Å². The molecule has 0 spiro atoms. The molecule has 2 atom stereocenters. The van der Waals surface area contributed by atoms with Crippen LogP contribution in [-0.4, -0.2) is 76.4 Å². The van der Waals surface area contributed by atoms with E-state index in [4.69, 9.17) is 9.57 Å². The van der Waals surface area contributed by atoms with Gasteiger partial charge in [0.25, 0.3) is 0 Å². The number of hydrogen-bond donors (Lipinski definition) is 3. The lowest BCUT2D eigenvalue weighted by molar-refractivity contribution is -0.130. The number of nitrogens with one attached hydrogen (secondary N) is 2. The smallest absolute Gasteiger partial charge is 0.411 e. The zero-order valence-corrected chi connectivity index (χ0v) is 20.2. The summed E-state index contributed by atoms with van der Waals surface area (Å²) in [4.78, 5) is 46.2. The molecule has 1 aromatic rings. The fourth-order valence-corrected chi connectivity index (χ4v) is 4.09. The Hall–Kier alpha value is -2.85. The molecular formula is C24H36N4O6. The van der Waals surface area contributed by atoms with Gasteiger partial charge in [0.05, 0.1) is 19.3 Å². The van der Waals surface area contributed by atoms with Crippen molar-refractivity contribution in [2.45, 2.75) is 76.9 Å². The Morgan fingerprint density at radius 1 is 1.06 bits per heavy atom. The number of β-amino-alcohol motifs (C(OH)–C–C–N with tert-alkyl or cyclic N) is 1. The highest BCUT2D eigenvalue weighted by Crippen LogP contribution is 2.22. The number of hydrogen-bond acceptors (Lipinski definition) is 6. The molecule has 0 unspecified atom stereocenters. The molecule has 4 amide bonds. The molecule has 2 heterocycles. The Bertz CT molecular complexity index is 836. The van der Waals surface area contributed by atoms with E-state index in [1.807, 2.05) is 30.3 Å². The Morgan fingerprint density at radius 2 is 1.74 bits per heavy atom. The molecule has 0 radical (unpaired) electrons. The molecule has 2 saturated heterocycles. The van der Waals surface area contributed by atoms with E-state index < -0.39 is 23.8 Å². The lowest BCUT2D eigenvalue weighted by Gasteiger charge is -2.39. The first-order valence-electron chi connectivity index (χ1n) is 11.8. The van der Waals surface area contributed by atoms with Gasteiger partial charge in [-0.15, -0.1) is 0 Å². The van der Waals surface area contributed by atoms with Gasteiger partial charge in [-0.2, -0.15) is 0 Å². The summed E-state index contributed by atoms with van der Waals surface area (Å²) in [6.07, 6.45) is 0.723. The van der Waals surface area contributed by atoms with Crippen LogP contribution in [0.3, 0.4) is 0 Å². The van der Waals surface area contributed by atoms with Crippen molar-refractivity contribution in [3.8, 4) is 0 Å². The highest BCUT2D eigenvalue weighted by Gasteiger charge is 2.38. The molecule has 2 aliphatic heterocycles. The maximum absolute atomic E-state index is 13.0. The maximum Gasteiger partial charge on any atom is 0.411 e. The first-order chi connectivity index (χ1) is 16.1. The first-order valence-corrected chi connectivity index (χ1v) is 11.8. The summed E-state index contributed by atoms with van der Waals surface area (Å²) in [5.74, 6) is -0.258. The van der Waals surface area contributed by atoms with Crippen molar-refractivity contribution in [1.82, 2.24) is 20.6 Å². The van der Waals surface area contributed by atoms with Crippen molar-refractivity contribution in [3.63, 3.8) is 0 Å². The van der Waals surface area contributed by atoms with E-state index in [1.165, 1.54) is 4.90 Å². The van der Waals surface area contributed by atoms with Crippen molar-refractivity contribution in [2.75, 3.05) is 19.6 Å². The molecule has 0 bridgehead atoms. The molecule has 0 aromatic heterocycles. The van der Waals surface area contributed by atoms with Gasteiger partial charge < -0.3 is 20.1 Å². The Balaban J connectivity index is 1.44. The lowest BCUT2D eigenvalue weighted by atomic mass is 9.98. The molecule has 34 heavy (non-hydrogen) atoms. The second kappa shape index (κ2) is 11.5. The van der Waals surface area contributed by atoms with Crippen molar-refractivity contribution in [2.24, 2.45) is 0 Å². The van der Waals surface area contributed by atoms with E-state index in [2.05, 4.69) is 10.8 Å². The van der Waals surface area contributed by atoms with Crippen LogP contribution in [-0.2, 0) is 21.0 Å². The van der Waals surface area contributed by atoms with Crippen molar-refractivity contribution in [3.05, 3.63) is 35.9 Å². The van der Waals surface area contributed by atoms with Crippen LogP contribution < -0.4 is 10.8 Å². The predicted molar refractivity (Wildman–Crippen MR) is 124 cm³/mol. The topological polar surface area (TPSA) is 120 Å². The SMILES string of the molecule is CC(C)(C)OC(=O)N1C[C@H](O)CC[C@@H]1C(=O)NC1CCN(C(=O)NOCc2ccccc2)CC1. The van der Waals surface area contributed by atoms with Gasteiger partial charge in [0.15, 0.2) is 0 Å². The summed E-state index contributed by atoms with van der Waals surface area (Å²) in [5, 5.41) is 13.0. The largest absolute Gasteiger partial charge is 0.444 e. The van der Waals surface area contributed by atoms with Crippen LogP contribution in [0.5, 0.6) is 0 Å². The number of carbonyl (C=O) groups is 3. The second-order valence-corrected chi connectivity index (χ2v) is 9.83. The molecule has 2 aliphatic rings. The number of piperidine rings is 2. The number of benzene rings is 1. The van der Waals surface area contributed by atoms with Crippen LogP contribution in [0.1, 0.15) is 52.0 Å². The average Bonchev–Trinajstić information content (AvgIpc) is 2.79. The summed E-state index contributed by atoms with van der Waals surface area (Å²) in [6, 6.07) is 8.45. The number of hydroxylamine groups is 1. The Labute approximate surface area is 200 Å². The van der Waals surface area contributed by atoms with Crippen molar-refractivity contribution in [1.29, 1.82) is 0 Å². The predicted octanol–water partition coefficient (Wildman–Crippen LogP) is 2.17. The van der Waals surface area contributed by atoms with Crippen LogP contribution in [0.4, 0.5) is 9.59 Å². The lowest BCUT2D eigenvalue weighted by Crippen LogP contribution is -2.58. The monoisotopic (exact) mass is 476 g/mol. The maximum atomic E-state index is 13.0. The van der Waals surface area contributed by atoms with E-state index in [0.717, 1.165) is 5.56 Å². The standard InChI is InChI=1S/C24H36N4O6/c1-24(2,3)34-23(32)28-15-19(29)9-10-20(28)21(30)25-18-11-13-27(14-12-18)22(31)26-33-16-17-7-5-4-6-8-17/h4-8,18-20,29H,9-16H2,1-3H3,(H,25,30)(H,26,31)/t19-,20-/m1/s1. The van der Waals surface area contributed by atoms with Crippen LogP contribution in [0.15, 0.2) is 30.3 Å². The molecule has 10 heteroatoms. The average molecular weight is 477 g/mol. The van der Waals surface area contributed by atoms with Crippen molar-refractivity contribution >= 4 is 18.0 Å². The zero-order valence-electron chi connectivity index (χ0n) is 20.2. The normalized spacial score (nSPS) is 21.6. The van der Waals surface area contributed by atoms with E-state index in [9.17, 15) is 19.5 Å². The molecular weight excluding hydrogens is 440 g/mol. The number of carbonyl (C=O) groups excluding carboxylic acids is 3. The van der Waals surface area contributed by atoms with Gasteiger partial charge in [0, 0.05) is 19.1 Å². The molecule has 1 aromatic carbocycles. The molecule has 2 fully saturated rings. The number of aliphatic hydroxyl groups excluding tert-OH is 1. The van der Waals surface area contributed by atoms with Crippen LogP contribution >= 0.6 is 0 Å². The zero-order chi connectivity index (χ0) is 24.7. The van der Waals surface area contributed by atoms with Gasteiger partial charge in [-0.3, -0.25) is 14.5 Å².